The van der Waals surface area contributed by atoms with Crippen molar-refractivity contribution in [3.8, 4) is 6.07 Å². The summed E-state index contributed by atoms with van der Waals surface area (Å²) in [6.07, 6.45) is -0.379. The molecule has 0 N–H and O–H groups in total. The molecule has 1 fully saturated rings. The Bertz CT molecular complexity index is 728. The van der Waals surface area contributed by atoms with Crippen molar-refractivity contribution in [1.29, 1.82) is 5.26 Å². The van der Waals surface area contributed by atoms with Crippen LogP contribution in [0.15, 0.2) is 17.0 Å². The quantitative estimate of drug-likeness (QED) is 0.825. The lowest BCUT2D eigenvalue weighted by Gasteiger charge is -2.38. The second-order valence-electron chi connectivity index (χ2n) is 6.47. The van der Waals surface area contributed by atoms with Crippen LogP contribution in [-0.2, 0) is 14.8 Å². The monoisotopic (exact) mass is 344 g/mol. The molecule has 0 spiro atoms. The van der Waals surface area contributed by atoms with E-state index in [0.717, 1.165) is 16.4 Å². The first-order valence-corrected chi connectivity index (χ1v) is 8.52. The predicted octanol–water partition coefficient (Wildman–Crippen LogP) is 2.27. The third kappa shape index (κ3) is 3.52. The second-order valence-corrected chi connectivity index (χ2v) is 8.34. The number of rotatable bonds is 2. The van der Waals surface area contributed by atoms with E-state index >= 15 is 0 Å². The van der Waals surface area contributed by atoms with Crippen molar-refractivity contribution in [1.82, 2.24) is 4.31 Å². The van der Waals surface area contributed by atoms with Crippen LogP contribution in [0.2, 0.25) is 0 Å². The zero-order valence-electron chi connectivity index (χ0n) is 13.1. The van der Waals surface area contributed by atoms with E-state index in [2.05, 4.69) is 0 Å². The minimum Gasteiger partial charge on any atom is -0.375 e. The number of ether oxygens (including phenoxy) is 1. The number of hydrogen-bond acceptors (Lipinski definition) is 4. The Morgan fingerprint density at radius 3 is 2.35 bits per heavy atom. The van der Waals surface area contributed by atoms with E-state index < -0.39 is 26.6 Å². The number of sulfonamides is 1. The van der Waals surface area contributed by atoms with Gasteiger partial charge in [0.05, 0.1) is 24.3 Å². The summed E-state index contributed by atoms with van der Waals surface area (Å²) in [6.45, 7) is 5.89. The second kappa shape index (κ2) is 6.15. The van der Waals surface area contributed by atoms with Gasteiger partial charge in [-0.3, -0.25) is 0 Å². The van der Waals surface area contributed by atoms with Crippen molar-refractivity contribution >= 4 is 10.0 Å². The standard InChI is InChI=1S/C15H18F2N2O3S/c1-15(2,3)13-9-19(4-5-22-13)23(20,21)14-11(16)6-10(8-18)7-12(14)17/h6-7,13H,4-5,9H2,1-3H3. The number of morpholine rings is 1. The molecule has 126 valence electrons. The summed E-state index contributed by atoms with van der Waals surface area (Å²) in [4.78, 5) is -1.02. The Balaban J connectivity index is 2.41. The maximum atomic E-state index is 14.1. The maximum absolute atomic E-state index is 14.1. The number of halogens is 2. The molecule has 1 atom stereocenters. The lowest BCUT2D eigenvalue weighted by Crippen LogP contribution is -2.50. The maximum Gasteiger partial charge on any atom is 0.249 e. The Kier molecular flexibility index (Phi) is 4.76. The number of nitrogens with zero attached hydrogens (tertiary/aromatic N) is 2. The molecule has 1 aliphatic rings. The van der Waals surface area contributed by atoms with Gasteiger partial charge in [0.2, 0.25) is 10.0 Å². The first kappa shape index (κ1) is 17.8. The third-order valence-electron chi connectivity index (χ3n) is 3.72. The molecule has 0 bridgehead atoms. The van der Waals surface area contributed by atoms with Crippen molar-refractivity contribution in [2.45, 2.75) is 31.8 Å². The van der Waals surface area contributed by atoms with E-state index in [4.69, 9.17) is 10.00 Å². The molecular weight excluding hydrogens is 326 g/mol. The van der Waals surface area contributed by atoms with Crippen LogP contribution < -0.4 is 0 Å². The molecule has 1 aromatic rings. The molecule has 0 amide bonds. The average Bonchev–Trinajstić information content (AvgIpc) is 2.45. The summed E-state index contributed by atoms with van der Waals surface area (Å²) in [5.41, 5.74) is -0.579. The van der Waals surface area contributed by atoms with Gasteiger partial charge >= 0.3 is 0 Å². The van der Waals surface area contributed by atoms with Crippen LogP contribution in [-0.4, -0.2) is 38.5 Å². The van der Waals surface area contributed by atoms with Gasteiger partial charge in [0.25, 0.3) is 0 Å². The zero-order valence-corrected chi connectivity index (χ0v) is 14.0. The van der Waals surface area contributed by atoms with Crippen molar-refractivity contribution in [3.05, 3.63) is 29.3 Å². The molecule has 0 aromatic heterocycles. The summed E-state index contributed by atoms with van der Waals surface area (Å²) >= 11 is 0. The van der Waals surface area contributed by atoms with Gasteiger partial charge in [-0.05, 0) is 17.5 Å². The molecule has 1 aromatic carbocycles. The van der Waals surface area contributed by atoms with E-state index in [9.17, 15) is 17.2 Å². The van der Waals surface area contributed by atoms with Crippen molar-refractivity contribution < 1.29 is 21.9 Å². The van der Waals surface area contributed by atoms with Gasteiger partial charge in [0.1, 0.15) is 11.6 Å². The number of benzene rings is 1. The SMILES string of the molecule is CC(C)(C)C1CN(S(=O)(=O)c2c(F)cc(C#N)cc2F)CCO1. The number of nitriles is 1. The van der Waals surface area contributed by atoms with E-state index in [0.29, 0.717) is 0 Å². The summed E-state index contributed by atoms with van der Waals surface area (Å²) < 4.78 is 59.9. The van der Waals surface area contributed by atoms with E-state index in [1.54, 1.807) is 6.07 Å². The molecule has 23 heavy (non-hydrogen) atoms. The Morgan fingerprint density at radius 2 is 1.87 bits per heavy atom. The first-order chi connectivity index (χ1) is 10.6. The van der Waals surface area contributed by atoms with Gasteiger partial charge < -0.3 is 4.74 Å². The lowest BCUT2D eigenvalue weighted by atomic mass is 9.88. The van der Waals surface area contributed by atoms with Crippen LogP contribution in [0.1, 0.15) is 26.3 Å². The van der Waals surface area contributed by atoms with Crippen LogP contribution in [0, 0.1) is 28.4 Å². The average molecular weight is 344 g/mol. The molecule has 1 saturated heterocycles. The van der Waals surface area contributed by atoms with Crippen LogP contribution in [0.5, 0.6) is 0 Å². The molecule has 8 heteroatoms. The highest BCUT2D eigenvalue weighted by Crippen LogP contribution is 2.30. The molecule has 1 aliphatic heterocycles. The third-order valence-corrected chi connectivity index (χ3v) is 5.64. The van der Waals surface area contributed by atoms with E-state index in [-0.39, 0.29) is 36.8 Å². The molecule has 1 heterocycles. The fourth-order valence-corrected chi connectivity index (χ4v) is 3.88. The smallest absolute Gasteiger partial charge is 0.249 e. The molecule has 0 radical (unpaired) electrons. The highest BCUT2D eigenvalue weighted by molar-refractivity contribution is 7.89. The minimum absolute atomic E-state index is 0.0186. The van der Waals surface area contributed by atoms with Gasteiger partial charge in [-0.25, -0.2) is 17.2 Å². The first-order valence-electron chi connectivity index (χ1n) is 7.08. The van der Waals surface area contributed by atoms with E-state index in [1.165, 1.54) is 0 Å². The molecule has 0 saturated carbocycles. The molecule has 5 nitrogen and oxygen atoms in total. The van der Waals surface area contributed by atoms with Gasteiger partial charge in [-0.1, -0.05) is 20.8 Å². The fraction of sp³-hybridized carbons (Fsp3) is 0.533. The Labute approximate surface area is 134 Å². The van der Waals surface area contributed by atoms with Gasteiger partial charge in [-0.15, -0.1) is 0 Å². The van der Waals surface area contributed by atoms with Crippen LogP contribution in [0.4, 0.5) is 8.78 Å². The minimum atomic E-state index is -4.35. The highest BCUT2D eigenvalue weighted by atomic mass is 32.2. The predicted molar refractivity (Wildman–Crippen MR) is 79.0 cm³/mol. The highest BCUT2D eigenvalue weighted by Gasteiger charge is 2.38. The number of hydrogen-bond donors (Lipinski definition) is 0. The summed E-state index contributed by atoms with van der Waals surface area (Å²) in [5.74, 6) is -2.53. The summed E-state index contributed by atoms with van der Waals surface area (Å²) in [5, 5.41) is 8.69. The van der Waals surface area contributed by atoms with Crippen molar-refractivity contribution in [2.24, 2.45) is 5.41 Å². The van der Waals surface area contributed by atoms with Gasteiger partial charge in [-0.2, -0.15) is 9.57 Å². The van der Waals surface area contributed by atoms with Gasteiger partial charge in [0, 0.05) is 13.1 Å². The summed E-state index contributed by atoms with van der Waals surface area (Å²) in [6, 6.07) is 3.03. The van der Waals surface area contributed by atoms with Gasteiger partial charge in [0.15, 0.2) is 4.90 Å². The molecule has 0 aliphatic carbocycles. The van der Waals surface area contributed by atoms with Crippen LogP contribution in [0.25, 0.3) is 0 Å². The van der Waals surface area contributed by atoms with Crippen molar-refractivity contribution in [3.63, 3.8) is 0 Å². The molecular formula is C15H18F2N2O3S. The zero-order chi connectivity index (χ0) is 17.4. The molecule has 1 unspecified atom stereocenters. The van der Waals surface area contributed by atoms with Crippen molar-refractivity contribution in [2.75, 3.05) is 19.7 Å². The van der Waals surface area contributed by atoms with E-state index in [1.807, 2.05) is 20.8 Å². The largest absolute Gasteiger partial charge is 0.375 e. The fourth-order valence-electron chi connectivity index (χ4n) is 2.37. The molecule has 2 rings (SSSR count). The normalized spacial score (nSPS) is 20.3. The van der Waals surface area contributed by atoms with Crippen LogP contribution >= 0.6 is 0 Å². The lowest BCUT2D eigenvalue weighted by molar-refractivity contribution is -0.0591. The van der Waals surface area contributed by atoms with Crippen LogP contribution in [0.3, 0.4) is 0 Å². The Morgan fingerprint density at radius 1 is 1.30 bits per heavy atom. The summed E-state index contributed by atoms with van der Waals surface area (Å²) in [7, 11) is -4.35. The topological polar surface area (TPSA) is 70.4 Å². The Hall–Kier alpha value is -1.56.